The maximum absolute atomic E-state index is 5.37. The molecule has 0 radical (unpaired) electrons. The zero-order valence-corrected chi connectivity index (χ0v) is 13.6. The normalized spacial score (nSPS) is 13.5. The number of alkyl halides is 1. The molecule has 1 unspecified atom stereocenters. The first kappa shape index (κ1) is 14.4. The van der Waals surface area contributed by atoms with Crippen molar-refractivity contribution in [3.05, 3.63) is 59.0 Å². The van der Waals surface area contributed by atoms with Gasteiger partial charge in [0.15, 0.2) is 0 Å². The van der Waals surface area contributed by atoms with Gasteiger partial charge in [0.25, 0.3) is 0 Å². The molecule has 1 heterocycles. The van der Waals surface area contributed by atoms with E-state index in [0.717, 1.165) is 12.2 Å². The van der Waals surface area contributed by atoms with Gasteiger partial charge in [-0.2, -0.15) is 0 Å². The van der Waals surface area contributed by atoms with Crippen LogP contribution in [0.4, 0.5) is 0 Å². The smallest absolute Gasteiger partial charge is 0.105 e. The third kappa shape index (κ3) is 2.94. The van der Waals surface area contributed by atoms with Crippen LogP contribution in [-0.2, 0) is 5.41 Å². The van der Waals surface area contributed by atoms with E-state index in [-0.39, 0.29) is 10.2 Å². The molecular formula is C17H21BrO. The van der Waals surface area contributed by atoms with Crippen LogP contribution in [-0.4, -0.2) is 0 Å². The SMILES string of the molecule is CCC(C)(C)c1ccc(C(Br)c2ccoc2C)cc1. The van der Waals surface area contributed by atoms with Crippen LogP contribution in [0.5, 0.6) is 0 Å². The Labute approximate surface area is 124 Å². The standard InChI is InChI=1S/C17H21BrO/c1-5-17(3,4)14-8-6-13(7-9-14)16(18)15-10-11-19-12(15)2/h6-11,16H,5H2,1-4H3. The van der Waals surface area contributed by atoms with Crippen LogP contribution in [0.2, 0.25) is 0 Å². The first-order chi connectivity index (χ1) is 8.95. The zero-order valence-electron chi connectivity index (χ0n) is 12.0. The van der Waals surface area contributed by atoms with Crippen molar-refractivity contribution in [3.8, 4) is 0 Å². The van der Waals surface area contributed by atoms with Crippen LogP contribution in [0.1, 0.15) is 54.5 Å². The van der Waals surface area contributed by atoms with E-state index in [1.807, 2.05) is 13.0 Å². The van der Waals surface area contributed by atoms with Crippen molar-refractivity contribution in [2.75, 3.05) is 0 Å². The molecule has 1 aromatic carbocycles. The Kier molecular flexibility index (Phi) is 4.19. The summed E-state index contributed by atoms with van der Waals surface area (Å²) in [4.78, 5) is 0.199. The van der Waals surface area contributed by atoms with Gasteiger partial charge in [-0.3, -0.25) is 0 Å². The molecule has 0 aliphatic rings. The van der Waals surface area contributed by atoms with Gasteiger partial charge in [-0.1, -0.05) is 61.0 Å². The fraction of sp³-hybridized carbons (Fsp3) is 0.412. The molecule has 0 saturated carbocycles. The number of rotatable bonds is 4. The molecule has 19 heavy (non-hydrogen) atoms. The number of halogens is 1. The molecule has 0 fully saturated rings. The van der Waals surface area contributed by atoms with E-state index < -0.39 is 0 Å². The highest BCUT2D eigenvalue weighted by Gasteiger charge is 2.19. The highest BCUT2D eigenvalue weighted by molar-refractivity contribution is 9.09. The fourth-order valence-electron chi connectivity index (χ4n) is 2.14. The Morgan fingerprint density at radius 2 is 1.79 bits per heavy atom. The summed E-state index contributed by atoms with van der Waals surface area (Å²) in [5.74, 6) is 0.972. The van der Waals surface area contributed by atoms with Crippen LogP contribution in [0, 0.1) is 6.92 Å². The number of hydrogen-bond acceptors (Lipinski definition) is 1. The summed E-state index contributed by atoms with van der Waals surface area (Å²) in [6.07, 6.45) is 2.89. The molecule has 2 rings (SSSR count). The quantitative estimate of drug-likeness (QED) is 0.653. The van der Waals surface area contributed by atoms with Gasteiger partial charge in [-0.25, -0.2) is 0 Å². The second kappa shape index (κ2) is 5.54. The number of benzene rings is 1. The van der Waals surface area contributed by atoms with Crippen molar-refractivity contribution < 1.29 is 4.42 Å². The lowest BCUT2D eigenvalue weighted by molar-refractivity contribution is 0.506. The van der Waals surface area contributed by atoms with Crippen molar-refractivity contribution in [2.24, 2.45) is 0 Å². The van der Waals surface area contributed by atoms with E-state index >= 15 is 0 Å². The Bertz CT molecular complexity index is 537. The molecule has 2 aromatic rings. The van der Waals surface area contributed by atoms with Gasteiger partial charge in [-0.15, -0.1) is 0 Å². The van der Waals surface area contributed by atoms with Crippen LogP contribution >= 0.6 is 15.9 Å². The summed E-state index contributed by atoms with van der Waals surface area (Å²) in [6, 6.07) is 10.9. The summed E-state index contributed by atoms with van der Waals surface area (Å²) in [6.45, 7) is 8.80. The van der Waals surface area contributed by atoms with Crippen LogP contribution < -0.4 is 0 Å². The minimum Gasteiger partial charge on any atom is -0.469 e. The van der Waals surface area contributed by atoms with E-state index in [9.17, 15) is 0 Å². The van der Waals surface area contributed by atoms with Gasteiger partial charge in [0, 0.05) is 5.56 Å². The van der Waals surface area contributed by atoms with E-state index in [1.165, 1.54) is 16.7 Å². The van der Waals surface area contributed by atoms with Gasteiger partial charge in [0.05, 0.1) is 11.1 Å². The summed E-state index contributed by atoms with van der Waals surface area (Å²) in [7, 11) is 0. The maximum atomic E-state index is 5.37. The van der Waals surface area contributed by atoms with Gasteiger partial charge >= 0.3 is 0 Å². The summed E-state index contributed by atoms with van der Waals surface area (Å²) < 4.78 is 5.37. The molecule has 1 nitrogen and oxygen atoms in total. The number of hydrogen-bond donors (Lipinski definition) is 0. The first-order valence-electron chi connectivity index (χ1n) is 6.74. The average molecular weight is 321 g/mol. The predicted molar refractivity (Wildman–Crippen MR) is 84.0 cm³/mol. The largest absolute Gasteiger partial charge is 0.469 e. The summed E-state index contributed by atoms with van der Waals surface area (Å²) in [5.41, 5.74) is 4.09. The van der Waals surface area contributed by atoms with Crippen LogP contribution in [0.3, 0.4) is 0 Å². The molecule has 1 aromatic heterocycles. The molecule has 0 aliphatic carbocycles. The van der Waals surface area contributed by atoms with Gasteiger partial charge in [0.1, 0.15) is 5.76 Å². The zero-order chi connectivity index (χ0) is 14.0. The van der Waals surface area contributed by atoms with E-state index in [1.54, 1.807) is 6.26 Å². The molecular weight excluding hydrogens is 300 g/mol. The van der Waals surface area contributed by atoms with E-state index in [4.69, 9.17) is 4.42 Å². The average Bonchev–Trinajstić information content (AvgIpc) is 2.84. The monoisotopic (exact) mass is 320 g/mol. The van der Waals surface area contributed by atoms with Crippen molar-refractivity contribution >= 4 is 15.9 Å². The molecule has 0 saturated heterocycles. The maximum Gasteiger partial charge on any atom is 0.105 e. The van der Waals surface area contributed by atoms with Crippen molar-refractivity contribution in [3.63, 3.8) is 0 Å². The lowest BCUT2D eigenvalue weighted by Crippen LogP contribution is -2.15. The predicted octanol–water partition coefficient (Wildman–Crippen LogP) is 5.76. The van der Waals surface area contributed by atoms with Gasteiger partial charge < -0.3 is 4.42 Å². The minimum atomic E-state index is 0.199. The third-order valence-corrected chi connectivity index (χ3v) is 5.06. The summed E-state index contributed by atoms with van der Waals surface area (Å²) in [5, 5.41) is 0. The van der Waals surface area contributed by atoms with Crippen molar-refractivity contribution in [1.29, 1.82) is 0 Å². The molecule has 0 amide bonds. The molecule has 1 atom stereocenters. The Morgan fingerprint density at radius 1 is 1.16 bits per heavy atom. The van der Waals surface area contributed by atoms with Crippen LogP contribution in [0.25, 0.3) is 0 Å². The third-order valence-electron chi connectivity index (χ3n) is 4.04. The Hall–Kier alpha value is -1.02. The first-order valence-corrected chi connectivity index (χ1v) is 7.66. The topological polar surface area (TPSA) is 13.1 Å². The highest BCUT2D eigenvalue weighted by Crippen LogP contribution is 2.35. The second-order valence-corrected chi connectivity index (χ2v) is 6.57. The fourth-order valence-corrected chi connectivity index (χ4v) is 2.92. The second-order valence-electron chi connectivity index (χ2n) is 5.65. The minimum absolute atomic E-state index is 0.199. The molecule has 2 heteroatoms. The number of furan rings is 1. The lowest BCUT2D eigenvalue weighted by atomic mass is 9.82. The van der Waals surface area contributed by atoms with E-state index in [2.05, 4.69) is 61.0 Å². The molecule has 0 aliphatic heterocycles. The van der Waals surface area contributed by atoms with Crippen LogP contribution in [0.15, 0.2) is 41.0 Å². The molecule has 102 valence electrons. The summed E-state index contributed by atoms with van der Waals surface area (Å²) >= 11 is 3.76. The highest BCUT2D eigenvalue weighted by atomic mass is 79.9. The Balaban J connectivity index is 2.26. The van der Waals surface area contributed by atoms with Crippen molar-refractivity contribution in [2.45, 2.75) is 44.4 Å². The number of aryl methyl sites for hydroxylation is 1. The van der Waals surface area contributed by atoms with Gasteiger partial charge in [-0.05, 0) is 36.0 Å². The molecule has 0 N–H and O–H groups in total. The van der Waals surface area contributed by atoms with E-state index in [0.29, 0.717) is 0 Å². The van der Waals surface area contributed by atoms with Gasteiger partial charge in [0.2, 0.25) is 0 Å². The molecule has 0 bridgehead atoms. The Morgan fingerprint density at radius 3 is 2.26 bits per heavy atom. The molecule has 0 spiro atoms. The lowest BCUT2D eigenvalue weighted by Gasteiger charge is -2.23. The van der Waals surface area contributed by atoms with Crippen molar-refractivity contribution in [1.82, 2.24) is 0 Å².